The molecule has 1 aromatic carbocycles. The first-order valence-electron chi connectivity index (χ1n) is 8.45. The third-order valence-corrected chi connectivity index (χ3v) is 4.58. The number of hydrogen-bond donors (Lipinski definition) is 1. The van der Waals surface area contributed by atoms with Crippen molar-refractivity contribution in [1.29, 1.82) is 0 Å². The molecule has 6 nitrogen and oxygen atoms in total. The van der Waals surface area contributed by atoms with Gasteiger partial charge in [-0.25, -0.2) is 0 Å². The Morgan fingerprint density at radius 3 is 2.48 bits per heavy atom. The van der Waals surface area contributed by atoms with Crippen molar-refractivity contribution >= 4 is 23.4 Å². The molecule has 1 aliphatic rings. The van der Waals surface area contributed by atoms with Crippen LogP contribution >= 0.6 is 11.6 Å². The predicted octanol–water partition coefficient (Wildman–Crippen LogP) is 2.44. The Balaban J connectivity index is 1.90. The third-order valence-electron chi connectivity index (χ3n) is 4.32. The van der Waals surface area contributed by atoms with Crippen LogP contribution < -0.4 is 14.8 Å². The average Bonchev–Trinajstić information content (AvgIpc) is 2.65. The van der Waals surface area contributed by atoms with E-state index in [1.165, 1.54) is 0 Å². The summed E-state index contributed by atoms with van der Waals surface area (Å²) in [7, 11) is 3.11. The maximum absolute atomic E-state index is 12.7. The van der Waals surface area contributed by atoms with Crippen LogP contribution in [0, 0.1) is 0 Å². The molecule has 1 N–H and O–H groups in total. The van der Waals surface area contributed by atoms with Crippen molar-refractivity contribution in [2.75, 3.05) is 33.2 Å². The van der Waals surface area contributed by atoms with E-state index in [1.807, 2.05) is 4.90 Å². The van der Waals surface area contributed by atoms with Crippen molar-refractivity contribution in [2.45, 2.75) is 31.7 Å². The Morgan fingerprint density at radius 2 is 1.88 bits per heavy atom. The minimum Gasteiger partial charge on any atom is -0.493 e. The van der Waals surface area contributed by atoms with Crippen LogP contribution in [-0.2, 0) is 4.79 Å². The highest BCUT2D eigenvalue weighted by molar-refractivity contribution is 6.17. The smallest absolute Gasteiger partial charge is 0.253 e. The number of benzene rings is 1. The van der Waals surface area contributed by atoms with Gasteiger partial charge in [0.05, 0.1) is 14.2 Å². The number of halogens is 1. The molecule has 0 aromatic heterocycles. The first-order valence-corrected chi connectivity index (χ1v) is 8.99. The number of methoxy groups -OCH3 is 2. The van der Waals surface area contributed by atoms with Crippen molar-refractivity contribution in [1.82, 2.24) is 10.2 Å². The number of nitrogens with one attached hydrogen (secondary N) is 1. The normalized spacial score (nSPS) is 14.9. The van der Waals surface area contributed by atoms with E-state index < -0.39 is 0 Å². The number of likely N-dealkylation sites (tertiary alicyclic amines) is 1. The van der Waals surface area contributed by atoms with Crippen LogP contribution in [0.5, 0.6) is 11.5 Å². The van der Waals surface area contributed by atoms with E-state index in [0.717, 1.165) is 12.8 Å². The molecular weight excluding hydrogens is 344 g/mol. The Morgan fingerprint density at radius 1 is 1.20 bits per heavy atom. The van der Waals surface area contributed by atoms with Crippen molar-refractivity contribution in [3.05, 3.63) is 23.8 Å². The van der Waals surface area contributed by atoms with Crippen LogP contribution in [0.2, 0.25) is 0 Å². The van der Waals surface area contributed by atoms with E-state index in [9.17, 15) is 9.59 Å². The highest BCUT2D eigenvalue weighted by Crippen LogP contribution is 2.28. The molecule has 0 aliphatic carbocycles. The number of carbonyl (C=O) groups is 2. The standard InChI is InChI=1S/C18H25ClN2O4/c1-24-15-6-5-13(12-16(15)25-2)18(23)21-10-7-14(8-11-21)20-17(22)4-3-9-19/h5-6,12,14H,3-4,7-11H2,1-2H3,(H,20,22). The molecule has 1 fully saturated rings. The second-order valence-electron chi connectivity index (χ2n) is 6.00. The van der Waals surface area contributed by atoms with Gasteiger partial charge in [0.2, 0.25) is 5.91 Å². The number of hydrogen-bond acceptors (Lipinski definition) is 4. The Kier molecular flexibility index (Phi) is 7.37. The van der Waals surface area contributed by atoms with E-state index >= 15 is 0 Å². The lowest BCUT2D eigenvalue weighted by Gasteiger charge is -2.32. The SMILES string of the molecule is COc1ccc(C(=O)N2CCC(NC(=O)CCCCl)CC2)cc1OC. The second-order valence-corrected chi connectivity index (χ2v) is 6.37. The number of amides is 2. The fourth-order valence-corrected chi connectivity index (χ4v) is 3.04. The summed E-state index contributed by atoms with van der Waals surface area (Å²) in [5, 5.41) is 3.01. The van der Waals surface area contributed by atoms with E-state index in [1.54, 1.807) is 32.4 Å². The van der Waals surface area contributed by atoms with Gasteiger partial charge < -0.3 is 19.7 Å². The topological polar surface area (TPSA) is 67.9 Å². The summed E-state index contributed by atoms with van der Waals surface area (Å²) >= 11 is 5.60. The molecule has 1 heterocycles. The molecule has 2 rings (SSSR count). The third kappa shape index (κ3) is 5.26. The lowest BCUT2D eigenvalue weighted by molar-refractivity contribution is -0.122. The first-order chi connectivity index (χ1) is 12.1. The van der Waals surface area contributed by atoms with Crippen molar-refractivity contribution < 1.29 is 19.1 Å². The molecule has 0 spiro atoms. The van der Waals surface area contributed by atoms with Crippen LogP contribution in [0.3, 0.4) is 0 Å². The highest BCUT2D eigenvalue weighted by atomic mass is 35.5. The van der Waals surface area contributed by atoms with Gasteiger partial charge in [0.1, 0.15) is 0 Å². The molecule has 2 amide bonds. The molecule has 0 unspecified atom stereocenters. The van der Waals surface area contributed by atoms with Crippen LogP contribution in [-0.4, -0.2) is 55.9 Å². The molecule has 1 aliphatic heterocycles. The van der Waals surface area contributed by atoms with Gasteiger partial charge in [-0.2, -0.15) is 0 Å². The summed E-state index contributed by atoms with van der Waals surface area (Å²) in [6.07, 6.45) is 2.65. The number of piperidine rings is 1. The van der Waals surface area contributed by atoms with Gasteiger partial charge in [-0.1, -0.05) is 0 Å². The summed E-state index contributed by atoms with van der Waals surface area (Å²) in [6, 6.07) is 5.29. The van der Waals surface area contributed by atoms with Gasteiger partial charge in [-0.3, -0.25) is 9.59 Å². The maximum atomic E-state index is 12.7. The predicted molar refractivity (Wildman–Crippen MR) is 96.6 cm³/mol. The molecule has 1 saturated heterocycles. The minimum atomic E-state index is -0.0344. The Hall–Kier alpha value is -1.95. The number of nitrogens with zero attached hydrogens (tertiary/aromatic N) is 1. The zero-order valence-corrected chi connectivity index (χ0v) is 15.5. The van der Waals surface area contributed by atoms with Crippen LogP contribution in [0.25, 0.3) is 0 Å². The monoisotopic (exact) mass is 368 g/mol. The van der Waals surface area contributed by atoms with Gasteiger partial charge in [-0.05, 0) is 37.5 Å². The first kappa shape index (κ1) is 19.4. The molecule has 0 atom stereocenters. The summed E-state index contributed by atoms with van der Waals surface area (Å²) in [5.74, 6) is 1.62. The quantitative estimate of drug-likeness (QED) is 0.750. The van der Waals surface area contributed by atoms with Gasteiger partial charge in [0, 0.05) is 37.0 Å². The zero-order valence-electron chi connectivity index (χ0n) is 14.7. The van der Waals surface area contributed by atoms with Crippen molar-refractivity contribution in [3.63, 3.8) is 0 Å². The molecule has 138 valence electrons. The molecule has 7 heteroatoms. The summed E-state index contributed by atoms with van der Waals surface area (Å²) in [4.78, 5) is 26.2. The Bertz CT molecular complexity index is 601. The number of alkyl halides is 1. The fraction of sp³-hybridized carbons (Fsp3) is 0.556. The van der Waals surface area contributed by atoms with E-state index in [4.69, 9.17) is 21.1 Å². The van der Waals surface area contributed by atoms with Crippen molar-refractivity contribution in [3.8, 4) is 11.5 Å². The number of carbonyl (C=O) groups excluding carboxylic acids is 2. The molecule has 0 bridgehead atoms. The summed E-state index contributed by atoms with van der Waals surface area (Å²) in [5.41, 5.74) is 0.572. The number of ether oxygens (including phenoxy) is 2. The van der Waals surface area contributed by atoms with Crippen LogP contribution in [0.1, 0.15) is 36.0 Å². The second kappa shape index (κ2) is 9.51. The fourth-order valence-electron chi connectivity index (χ4n) is 2.91. The van der Waals surface area contributed by atoms with Gasteiger partial charge >= 0.3 is 0 Å². The highest BCUT2D eigenvalue weighted by Gasteiger charge is 2.25. The zero-order chi connectivity index (χ0) is 18.2. The molecular formula is C18H25ClN2O4. The molecule has 1 aromatic rings. The largest absolute Gasteiger partial charge is 0.493 e. The van der Waals surface area contributed by atoms with Crippen LogP contribution in [0.4, 0.5) is 0 Å². The summed E-state index contributed by atoms with van der Waals surface area (Å²) < 4.78 is 10.5. The van der Waals surface area contributed by atoms with Gasteiger partial charge in [-0.15, -0.1) is 11.6 Å². The van der Waals surface area contributed by atoms with Gasteiger partial charge in [0.15, 0.2) is 11.5 Å². The summed E-state index contributed by atoms with van der Waals surface area (Å²) in [6.45, 7) is 1.24. The van der Waals surface area contributed by atoms with Crippen LogP contribution in [0.15, 0.2) is 18.2 Å². The lowest BCUT2D eigenvalue weighted by atomic mass is 10.0. The van der Waals surface area contributed by atoms with E-state index in [0.29, 0.717) is 48.9 Å². The van der Waals surface area contributed by atoms with E-state index in [2.05, 4.69) is 5.32 Å². The average molecular weight is 369 g/mol. The minimum absolute atomic E-state index is 0.0327. The van der Waals surface area contributed by atoms with Crippen molar-refractivity contribution in [2.24, 2.45) is 0 Å². The maximum Gasteiger partial charge on any atom is 0.253 e. The number of rotatable bonds is 7. The molecule has 0 saturated carbocycles. The Labute approximate surface area is 153 Å². The van der Waals surface area contributed by atoms with E-state index in [-0.39, 0.29) is 17.9 Å². The molecule has 25 heavy (non-hydrogen) atoms. The molecule has 0 radical (unpaired) electrons. The van der Waals surface area contributed by atoms with Gasteiger partial charge in [0.25, 0.3) is 5.91 Å². The lowest BCUT2D eigenvalue weighted by Crippen LogP contribution is -2.46.